The molecular weight excluding hydrogens is 505 g/mol. The number of esters is 2. The Morgan fingerprint density at radius 3 is 1.51 bits per heavy atom. The summed E-state index contributed by atoms with van der Waals surface area (Å²) < 4.78 is 48.7. The Bertz CT molecular complexity index is 970. The zero-order chi connectivity index (χ0) is 28.3. The van der Waals surface area contributed by atoms with Gasteiger partial charge in [-0.15, -0.1) is 0 Å². The molecule has 0 N–H and O–H groups in total. The van der Waals surface area contributed by atoms with Crippen LogP contribution in [-0.4, -0.2) is 18.5 Å². The summed E-state index contributed by atoms with van der Waals surface area (Å²) in [5.41, 5.74) is -0.186. The molecule has 0 atom stereocenters. The maximum atomic E-state index is 12.7. The molecule has 0 amide bonds. The number of ether oxygens (including phenoxy) is 2. The molecule has 0 radical (unpaired) electrons. The van der Waals surface area contributed by atoms with E-state index in [9.17, 15) is 22.8 Å². The average Bonchev–Trinajstić information content (AvgIpc) is 2.93. The summed E-state index contributed by atoms with van der Waals surface area (Å²) in [6.45, 7) is 2.32. The Kier molecular flexibility index (Phi) is 15.3. The smallest absolute Gasteiger partial charge is 0.416 e. The van der Waals surface area contributed by atoms with Gasteiger partial charge in [0.1, 0.15) is 6.61 Å². The van der Waals surface area contributed by atoms with Crippen LogP contribution in [0.5, 0.6) is 0 Å². The number of halogens is 3. The van der Waals surface area contributed by atoms with Crippen LogP contribution in [-0.2, 0) is 22.3 Å². The Morgan fingerprint density at radius 2 is 1.05 bits per heavy atom. The van der Waals surface area contributed by atoms with Crippen molar-refractivity contribution in [1.29, 1.82) is 0 Å². The van der Waals surface area contributed by atoms with Crippen LogP contribution >= 0.6 is 0 Å². The Labute approximate surface area is 231 Å². The average molecular weight is 549 g/mol. The zero-order valence-corrected chi connectivity index (χ0v) is 23.2. The molecule has 216 valence electrons. The lowest BCUT2D eigenvalue weighted by atomic mass is 10.0. The van der Waals surface area contributed by atoms with Crippen LogP contribution in [0.1, 0.15) is 129 Å². The van der Waals surface area contributed by atoms with E-state index < -0.39 is 23.7 Å². The zero-order valence-electron chi connectivity index (χ0n) is 23.2. The molecule has 0 aliphatic rings. The van der Waals surface area contributed by atoms with Gasteiger partial charge < -0.3 is 9.47 Å². The number of carbonyl (C=O) groups is 2. The number of hydrogen-bond donors (Lipinski definition) is 0. The number of hydrogen-bond acceptors (Lipinski definition) is 4. The molecule has 0 aromatic heterocycles. The molecule has 0 spiro atoms. The van der Waals surface area contributed by atoms with Crippen LogP contribution in [0.15, 0.2) is 48.5 Å². The standard InChI is InChI=1S/C32H43F3O4/c1-2-3-4-5-6-7-8-9-10-11-12-13-14-17-24-38-30(36)28-18-15-16-19-29(28)31(37)39-25-26-20-22-27(23-21-26)32(33,34)35/h15-16,18-23H,2-14,17,24-25H2,1H3. The van der Waals surface area contributed by atoms with E-state index >= 15 is 0 Å². The van der Waals surface area contributed by atoms with Gasteiger partial charge in [-0.2, -0.15) is 13.2 Å². The molecule has 0 saturated carbocycles. The predicted molar refractivity (Wildman–Crippen MR) is 148 cm³/mol. The molecule has 2 rings (SSSR count). The summed E-state index contributed by atoms with van der Waals surface area (Å²) >= 11 is 0. The fourth-order valence-electron chi connectivity index (χ4n) is 4.39. The van der Waals surface area contributed by atoms with E-state index in [0.717, 1.165) is 31.4 Å². The Balaban J connectivity index is 1.61. The van der Waals surface area contributed by atoms with Gasteiger partial charge in [0.25, 0.3) is 0 Å². The van der Waals surface area contributed by atoms with E-state index in [1.54, 1.807) is 12.1 Å². The van der Waals surface area contributed by atoms with Crippen LogP contribution in [0.4, 0.5) is 13.2 Å². The molecule has 7 heteroatoms. The first-order valence-corrected chi connectivity index (χ1v) is 14.4. The molecule has 0 aliphatic carbocycles. The van der Waals surface area contributed by atoms with Crippen molar-refractivity contribution < 1.29 is 32.2 Å². The highest BCUT2D eigenvalue weighted by atomic mass is 19.4. The Hall–Kier alpha value is -2.83. The second-order valence-corrected chi connectivity index (χ2v) is 10.0. The van der Waals surface area contributed by atoms with E-state index in [0.29, 0.717) is 5.56 Å². The maximum Gasteiger partial charge on any atom is 0.416 e. The molecule has 2 aromatic carbocycles. The van der Waals surface area contributed by atoms with Crippen molar-refractivity contribution in [3.63, 3.8) is 0 Å². The number of rotatable bonds is 19. The summed E-state index contributed by atoms with van der Waals surface area (Å²) in [6.07, 6.45) is 13.0. The molecule has 0 fully saturated rings. The normalized spacial score (nSPS) is 11.4. The quantitative estimate of drug-likeness (QED) is 0.130. The fourth-order valence-corrected chi connectivity index (χ4v) is 4.39. The van der Waals surface area contributed by atoms with Gasteiger partial charge in [-0.25, -0.2) is 9.59 Å². The number of carbonyl (C=O) groups excluding carboxylic acids is 2. The summed E-state index contributed by atoms with van der Waals surface area (Å²) in [6, 6.07) is 10.6. The third-order valence-electron chi connectivity index (χ3n) is 6.75. The lowest BCUT2D eigenvalue weighted by molar-refractivity contribution is -0.137. The van der Waals surface area contributed by atoms with E-state index in [1.807, 2.05) is 0 Å². The largest absolute Gasteiger partial charge is 0.462 e. The van der Waals surface area contributed by atoms with Crippen molar-refractivity contribution in [1.82, 2.24) is 0 Å². The number of benzene rings is 2. The molecule has 0 aliphatic heterocycles. The monoisotopic (exact) mass is 548 g/mol. The third-order valence-corrected chi connectivity index (χ3v) is 6.75. The Morgan fingerprint density at radius 1 is 0.615 bits per heavy atom. The second-order valence-electron chi connectivity index (χ2n) is 10.0. The second kappa shape index (κ2) is 18.5. The van der Waals surface area contributed by atoms with Gasteiger partial charge >= 0.3 is 18.1 Å². The molecule has 0 heterocycles. The highest BCUT2D eigenvalue weighted by Gasteiger charge is 2.30. The van der Waals surface area contributed by atoms with Crippen molar-refractivity contribution in [3.05, 3.63) is 70.8 Å². The predicted octanol–water partition coefficient (Wildman–Crippen LogP) is 9.70. The maximum absolute atomic E-state index is 12.7. The van der Waals surface area contributed by atoms with Crippen LogP contribution < -0.4 is 0 Å². The summed E-state index contributed by atoms with van der Waals surface area (Å²) in [7, 11) is 0. The minimum atomic E-state index is -4.43. The lowest BCUT2D eigenvalue weighted by Crippen LogP contribution is -2.14. The number of alkyl halides is 3. The van der Waals surface area contributed by atoms with E-state index in [4.69, 9.17) is 9.47 Å². The summed E-state index contributed by atoms with van der Waals surface area (Å²) in [5.74, 6) is -1.33. The van der Waals surface area contributed by atoms with Gasteiger partial charge in [0.2, 0.25) is 0 Å². The summed E-state index contributed by atoms with van der Waals surface area (Å²) in [5, 5.41) is 0. The number of unbranched alkanes of at least 4 members (excludes halogenated alkanes) is 13. The molecule has 2 aromatic rings. The minimum absolute atomic E-state index is 0.0652. The highest BCUT2D eigenvalue weighted by molar-refractivity contribution is 6.03. The van der Waals surface area contributed by atoms with Gasteiger partial charge in [0.05, 0.1) is 23.3 Å². The van der Waals surface area contributed by atoms with Crippen molar-refractivity contribution in [2.75, 3.05) is 6.61 Å². The highest BCUT2D eigenvalue weighted by Crippen LogP contribution is 2.29. The van der Waals surface area contributed by atoms with Crippen molar-refractivity contribution in [2.24, 2.45) is 0 Å². The van der Waals surface area contributed by atoms with E-state index in [-0.39, 0.29) is 24.3 Å². The van der Waals surface area contributed by atoms with Crippen LogP contribution in [0, 0.1) is 0 Å². The van der Waals surface area contributed by atoms with Gasteiger partial charge in [-0.1, -0.05) is 115 Å². The van der Waals surface area contributed by atoms with Crippen LogP contribution in [0.3, 0.4) is 0 Å². The van der Waals surface area contributed by atoms with Crippen molar-refractivity contribution >= 4 is 11.9 Å². The van der Waals surface area contributed by atoms with Crippen LogP contribution in [0.2, 0.25) is 0 Å². The first-order chi connectivity index (χ1) is 18.8. The molecular formula is C32H43F3O4. The molecule has 39 heavy (non-hydrogen) atoms. The molecule has 0 saturated heterocycles. The fraction of sp³-hybridized carbons (Fsp3) is 0.562. The van der Waals surface area contributed by atoms with E-state index in [1.165, 1.54) is 94.9 Å². The molecule has 4 nitrogen and oxygen atoms in total. The van der Waals surface area contributed by atoms with Gasteiger partial charge in [-0.05, 0) is 36.2 Å². The van der Waals surface area contributed by atoms with Crippen molar-refractivity contribution in [3.8, 4) is 0 Å². The first kappa shape index (κ1) is 32.4. The molecule has 0 unspecified atom stereocenters. The SMILES string of the molecule is CCCCCCCCCCCCCCCCOC(=O)c1ccccc1C(=O)OCc1ccc(C(F)(F)F)cc1. The lowest BCUT2D eigenvalue weighted by Gasteiger charge is -2.11. The van der Waals surface area contributed by atoms with Gasteiger partial charge in [0.15, 0.2) is 0 Å². The van der Waals surface area contributed by atoms with Crippen molar-refractivity contribution in [2.45, 2.75) is 110 Å². The van der Waals surface area contributed by atoms with Crippen LogP contribution in [0.25, 0.3) is 0 Å². The third kappa shape index (κ3) is 13.2. The summed E-state index contributed by atoms with van der Waals surface area (Å²) in [4.78, 5) is 25.1. The first-order valence-electron chi connectivity index (χ1n) is 14.4. The van der Waals surface area contributed by atoms with Gasteiger partial charge in [0, 0.05) is 0 Å². The van der Waals surface area contributed by atoms with Gasteiger partial charge in [-0.3, -0.25) is 0 Å². The topological polar surface area (TPSA) is 52.6 Å². The minimum Gasteiger partial charge on any atom is -0.462 e. The van der Waals surface area contributed by atoms with E-state index in [2.05, 4.69) is 6.92 Å². The molecule has 0 bridgehead atoms.